The normalized spacial score (nSPS) is 12.9. The van der Waals surface area contributed by atoms with Gasteiger partial charge in [0.2, 0.25) is 0 Å². The highest BCUT2D eigenvalue weighted by Gasteiger charge is 2.20. The minimum absolute atomic E-state index is 0.261. The minimum atomic E-state index is 0.261. The first kappa shape index (κ1) is 17.5. The van der Waals surface area contributed by atoms with Crippen molar-refractivity contribution in [2.75, 3.05) is 0 Å². The zero-order chi connectivity index (χ0) is 17.0. The Morgan fingerprint density at radius 3 is 2.26 bits per heavy atom. The fourth-order valence-electron chi connectivity index (χ4n) is 3.41. The van der Waals surface area contributed by atoms with E-state index in [9.17, 15) is 4.79 Å². The first-order valence-corrected chi connectivity index (χ1v) is 8.46. The third kappa shape index (κ3) is 4.79. The monoisotopic (exact) mass is 308 g/mol. The lowest BCUT2D eigenvalue weighted by Crippen LogP contribution is -2.15. The van der Waals surface area contributed by atoms with Gasteiger partial charge in [0.25, 0.3) is 0 Å². The Bertz CT molecular complexity index is 662. The van der Waals surface area contributed by atoms with Crippen LogP contribution in [0.5, 0.6) is 0 Å². The molecule has 0 aliphatic carbocycles. The summed E-state index contributed by atoms with van der Waals surface area (Å²) in [5.41, 5.74) is 4.54. The summed E-state index contributed by atoms with van der Waals surface area (Å²) in [6.07, 6.45) is 1.69. The van der Waals surface area contributed by atoms with Crippen molar-refractivity contribution in [3.63, 3.8) is 0 Å². The van der Waals surface area contributed by atoms with Gasteiger partial charge in [0.1, 0.15) is 0 Å². The first-order chi connectivity index (χ1) is 10.8. The van der Waals surface area contributed by atoms with Crippen LogP contribution in [-0.2, 0) is 0 Å². The van der Waals surface area contributed by atoms with E-state index < -0.39 is 0 Å². The standard InChI is InChI=1S/C22H28O/c1-16(15-22(3,4)5)14-21(23)20-13-9-12-19(17(20)2)18-10-7-6-8-11-18/h6-13,16H,14-15H2,1-5H3. The molecule has 0 aromatic heterocycles. The maximum atomic E-state index is 12.7. The zero-order valence-corrected chi connectivity index (χ0v) is 15.0. The fourth-order valence-corrected chi connectivity index (χ4v) is 3.41. The quantitative estimate of drug-likeness (QED) is 0.592. The molecule has 23 heavy (non-hydrogen) atoms. The Labute approximate surface area is 140 Å². The van der Waals surface area contributed by atoms with E-state index in [2.05, 4.69) is 52.8 Å². The molecule has 0 amide bonds. The van der Waals surface area contributed by atoms with Crippen LogP contribution in [0.2, 0.25) is 0 Å². The molecule has 2 aromatic carbocycles. The molecule has 0 aliphatic heterocycles. The summed E-state index contributed by atoms with van der Waals surface area (Å²) in [7, 11) is 0. The molecular formula is C22H28O. The number of carbonyl (C=O) groups excluding carboxylic acids is 1. The van der Waals surface area contributed by atoms with Crippen LogP contribution in [0.15, 0.2) is 48.5 Å². The number of Topliss-reactive ketones (excluding diaryl/α,β-unsaturated/α-hetero) is 1. The van der Waals surface area contributed by atoms with E-state index in [1.165, 1.54) is 5.56 Å². The molecule has 1 atom stereocenters. The Morgan fingerprint density at radius 2 is 1.65 bits per heavy atom. The molecule has 0 heterocycles. The lowest BCUT2D eigenvalue weighted by atomic mass is 9.82. The van der Waals surface area contributed by atoms with Gasteiger partial charge in [0, 0.05) is 12.0 Å². The average molecular weight is 308 g/mol. The van der Waals surface area contributed by atoms with Gasteiger partial charge < -0.3 is 0 Å². The van der Waals surface area contributed by atoms with E-state index in [4.69, 9.17) is 0 Å². The van der Waals surface area contributed by atoms with Crippen molar-refractivity contribution in [2.24, 2.45) is 11.3 Å². The fraction of sp³-hybridized carbons (Fsp3) is 0.409. The minimum Gasteiger partial charge on any atom is -0.294 e. The highest BCUT2D eigenvalue weighted by molar-refractivity contribution is 5.99. The molecule has 0 aliphatic rings. The molecule has 122 valence electrons. The summed E-state index contributed by atoms with van der Waals surface area (Å²) in [6.45, 7) is 10.9. The molecule has 0 saturated heterocycles. The lowest BCUT2D eigenvalue weighted by molar-refractivity contribution is 0.0954. The van der Waals surface area contributed by atoms with Crippen LogP contribution in [0.3, 0.4) is 0 Å². The molecule has 0 spiro atoms. The second-order valence-corrected chi connectivity index (χ2v) is 7.84. The summed E-state index contributed by atoms with van der Waals surface area (Å²) in [6, 6.07) is 16.3. The smallest absolute Gasteiger partial charge is 0.163 e. The average Bonchev–Trinajstić information content (AvgIpc) is 2.46. The zero-order valence-electron chi connectivity index (χ0n) is 15.0. The van der Waals surface area contributed by atoms with Crippen molar-refractivity contribution in [1.82, 2.24) is 0 Å². The molecule has 0 bridgehead atoms. The Hall–Kier alpha value is -1.89. The predicted octanol–water partition coefficient (Wildman–Crippen LogP) is 6.31. The molecule has 2 aromatic rings. The summed E-state index contributed by atoms with van der Waals surface area (Å²) in [5.74, 6) is 0.666. The maximum Gasteiger partial charge on any atom is 0.163 e. The van der Waals surface area contributed by atoms with Gasteiger partial charge in [-0.05, 0) is 41.4 Å². The molecule has 1 heteroatoms. The first-order valence-electron chi connectivity index (χ1n) is 8.46. The summed E-state index contributed by atoms with van der Waals surface area (Å²) >= 11 is 0. The highest BCUT2D eigenvalue weighted by Crippen LogP contribution is 2.29. The number of benzene rings is 2. The van der Waals surface area contributed by atoms with Crippen LogP contribution in [0, 0.1) is 18.3 Å². The number of carbonyl (C=O) groups is 1. The van der Waals surface area contributed by atoms with Crippen molar-refractivity contribution in [2.45, 2.75) is 47.5 Å². The van der Waals surface area contributed by atoms with Gasteiger partial charge in [-0.3, -0.25) is 4.79 Å². The number of rotatable bonds is 5. The van der Waals surface area contributed by atoms with Gasteiger partial charge in [-0.25, -0.2) is 0 Å². The van der Waals surface area contributed by atoms with E-state index >= 15 is 0 Å². The van der Waals surface area contributed by atoms with Gasteiger partial charge in [0.15, 0.2) is 5.78 Å². The SMILES string of the molecule is Cc1c(C(=O)CC(C)CC(C)(C)C)cccc1-c1ccccc1. The van der Waals surface area contributed by atoms with Crippen LogP contribution in [0.25, 0.3) is 11.1 Å². The van der Waals surface area contributed by atoms with Gasteiger partial charge in [-0.2, -0.15) is 0 Å². The molecule has 2 rings (SSSR count). The van der Waals surface area contributed by atoms with Gasteiger partial charge in [-0.1, -0.05) is 76.2 Å². The summed E-state index contributed by atoms with van der Waals surface area (Å²) < 4.78 is 0. The number of hydrogen-bond acceptors (Lipinski definition) is 1. The Kier molecular flexibility index (Phi) is 5.41. The third-order valence-electron chi connectivity index (χ3n) is 4.21. The van der Waals surface area contributed by atoms with E-state index in [1.54, 1.807) is 0 Å². The maximum absolute atomic E-state index is 12.7. The predicted molar refractivity (Wildman–Crippen MR) is 98.8 cm³/mol. The van der Waals surface area contributed by atoms with Gasteiger partial charge >= 0.3 is 0 Å². The highest BCUT2D eigenvalue weighted by atomic mass is 16.1. The van der Waals surface area contributed by atoms with Crippen molar-refractivity contribution in [3.05, 3.63) is 59.7 Å². The van der Waals surface area contributed by atoms with E-state index in [0.717, 1.165) is 23.1 Å². The molecule has 0 N–H and O–H groups in total. The molecule has 1 nitrogen and oxygen atoms in total. The van der Waals surface area contributed by atoms with Gasteiger partial charge in [0.05, 0.1) is 0 Å². The molecule has 1 unspecified atom stereocenters. The van der Waals surface area contributed by atoms with Crippen molar-refractivity contribution in [1.29, 1.82) is 0 Å². The summed E-state index contributed by atoms with van der Waals surface area (Å²) in [4.78, 5) is 12.7. The second-order valence-electron chi connectivity index (χ2n) is 7.84. The Morgan fingerprint density at radius 1 is 1.00 bits per heavy atom. The third-order valence-corrected chi connectivity index (χ3v) is 4.21. The van der Waals surface area contributed by atoms with Gasteiger partial charge in [-0.15, -0.1) is 0 Å². The van der Waals surface area contributed by atoms with E-state index in [1.807, 2.05) is 30.3 Å². The van der Waals surface area contributed by atoms with Crippen LogP contribution in [0.1, 0.15) is 56.5 Å². The van der Waals surface area contributed by atoms with E-state index in [0.29, 0.717) is 12.3 Å². The molecule has 0 saturated carbocycles. The van der Waals surface area contributed by atoms with Crippen molar-refractivity contribution in [3.8, 4) is 11.1 Å². The molecular weight excluding hydrogens is 280 g/mol. The number of ketones is 1. The largest absolute Gasteiger partial charge is 0.294 e. The van der Waals surface area contributed by atoms with Crippen molar-refractivity contribution < 1.29 is 4.79 Å². The van der Waals surface area contributed by atoms with Crippen LogP contribution < -0.4 is 0 Å². The van der Waals surface area contributed by atoms with E-state index in [-0.39, 0.29) is 11.2 Å². The summed E-state index contributed by atoms with van der Waals surface area (Å²) in [5, 5.41) is 0. The van der Waals surface area contributed by atoms with Crippen molar-refractivity contribution >= 4 is 5.78 Å². The topological polar surface area (TPSA) is 17.1 Å². The van der Waals surface area contributed by atoms with Crippen LogP contribution in [0.4, 0.5) is 0 Å². The number of hydrogen-bond donors (Lipinski definition) is 0. The second kappa shape index (κ2) is 7.12. The lowest BCUT2D eigenvalue weighted by Gasteiger charge is -2.23. The molecule has 0 radical (unpaired) electrons. The molecule has 0 fully saturated rings. The van der Waals surface area contributed by atoms with Crippen LogP contribution >= 0.6 is 0 Å². The Balaban J connectivity index is 2.22. The van der Waals surface area contributed by atoms with Crippen LogP contribution in [-0.4, -0.2) is 5.78 Å².